The van der Waals surface area contributed by atoms with Crippen LogP contribution in [0.3, 0.4) is 0 Å². The van der Waals surface area contributed by atoms with Gasteiger partial charge in [-0.15, -0.1) is 0 Å². The molecule has 90 valence electrons. The Morgan fingerprint density at radius 2 is 2.17 bits per heavy atom. The summed E-state index contributed by atoms with van der Waals surface area (Å²) >= 11 is 3.45. The molecule has 0 radical (unpaired) electrons. The SMILES string of the molecule is Nc1nc2ccc(Br)cc2n1Cc1ccncn1. The number of nitrogen functional groups attached to an aromatic ring is 1. The summed E-state index contributed by atoms with van der Waals surface area (Å²) in [7, 11) is 0. The molecule has 0 saturated heterocycles. The molecule has 3 aromatic rings. The van der Waals surface area contributed by atoms with Crippen LogP contribution in [0, 0.1) is 0 Å². The molecule has 0 aliphatic heterocycles. The van der Waals surface area contributed by atoms with Gasteiger partial charge in [-0.05, 0) is 24.3 Å². The van der Waals surface area contributed by atoms with Gasteiger partial charge in [-0.1, -0.05) is 15.9 Å². The minimum absolute atomic E-state index is 0.488. The molecule has 3 rings (SSSR count). The van der Waals surface area contributed by atoms with E-state index in [1.807, 2.05) is 28.8 Å². The number of fused-ring (bicyclic) bond motifs is 1. The van der Waals surface area contributed by atoms with Crippen LogP contribution in [-0.4, -0.2) is 19.5 Å². The fourth-order valence-corrected chi connectivity index (χ4v) is 2.20. The van der Waals surface area contributed by atoms with Gasteiger partial charge in [-0.25, -0.2) is 15.0 Å². The van der Waals surface area contributed by atoms with Crippen molar-refractivity contribution in [2.75, 3.05) is 5.73 Å². The lowest BCUT2D eigenvalue weighted by molar-refractivity contribution is 0.803. The molecular formula is C12H10BrN5. The molecule has 0 spiro atoms. The molecule has 0 saturated carbocycles. The van der Waals surface area contributed by atoms with Crippen molar-refractivity contribution in [2.45, 2.75) is 6.54 Å². The van der Waals surface area contributed by atoms with Crippen LogP contribution in [0.1, 0.15) is 5.69 Å². The maximum atomic E-state index is 5.94. The largest absolute Gasteiger partial charge is 0.369 e. The van der Waals surface area contributed by atoms with Gasteiger partial charge in [0.05, 0.1) is 23.3 Å². The summed E-state index contributed by atoms with van der Waals surface area (Å²) in [5.74, 6) is 0.488. The molecule has 0 unspecified atom stereocenters. The van der Waals surface area contributed by atoms with Gasteiger partial charge in [0.25, 0.3) is 0 Å². The van der Waals surface area contributed by atoms with Crippen molar-refractivity contribution in [1.82, 2.24) is 19.5 Å². The zero-order valence-electron chi connectivity index (χ0n) is 9.42. The number of hydrogen-bond donors (Lipinski definition) is 1. The number of halogens is 1. The maximum Gasteiger partial charge on any atom is 0.201 e. The minimum Gasteiger partial charge on any atom is -0.369 e. The van der Waals surface area contributed by atoms with Gasteiger partial charge >= 0.3 is 0 Å². The van der Waals surface area contributed by atoms with Crippen LogP contribution in [0.5, 0.6) is 0 Å². The topological polar surface area (TPSA) is 69.6 Å². The number of anilines is 1. The molecule has 18 heavy (non-hydrogen) atoms. The average molecular weight is 304 g/mol. The van der Waals surface area contributed by atoms with E-state index in [1.165, 1.54) is 6.33 Å². The van der Waals surface area contributed by atoms with Gasteiger partial charge in [0.2, 0.25) is 5.95 Å². The van der Waals surface area contributed by atoms with E-state index in [4.69, 9.17) is 5.73 Å². The van der Waals surface area contributed by atoms with Crippen LogP contribution in [0.4, 0.5) is 5.95 Å². The van der Waals surface area contributed by atoms with E-state index in [0.29, 0.717) is 12.5 Å². The lowest BCUT2D eigenvalue weighted by Gasteiger charge is -2.05. The van der Waals surface area contributed by atoms with E-state index >= 15 is 0 Å². The molecule has 6 heteroatoms. The summed E-state index contributed by atoms with van der Waals surface area (Å²) in [6, 6.07) is 7.75. The summed E-state index contributed by atoms with van der Waals surface area (Å²) in [6.07, 6.45) is 3.24. The van der Waals surface area contributed by atoms with Crippen LogP contribution in [0.2, 0.25) is 0 Å². The van der Waals surface area contributed by atoms with Gasteiger partial charge in [0.15, 0.2) is 0 Å². The van der Waals surface area contributed by atoms with Gasteiger partial charge in [0.1, 0.15) is 6.33 Å². The molecule has 0 amide bonds. The van der Waals surface area contributed by atoms with E-state index in [0.717, 1.165) is 21.2 Å². The Bertz CT molecular complexity index is 692. The third-order valence-electron chi connectivity index (χ3n) is 2.70. The van der Waals surface area contributed by atoms with Crippen molar-refractivity contribution >= 4 is 32.9 Å². The summed E-state index contributed by atoms with van der Waals surface area (Å²) < 4.78 is 2.93. The first-order valence-corrected chi connectivity index (χ1v) is 6.19. The first kappa shape index (κ1) is 11.2. The summed E-state index contributed by atoms with van der Waals surface area (Å²) in [5, 5.41) is 0. The summed E-state index contributed by atoms with van der Waals surface area (Å²) in [5.41, 5.74) is 8.71. The third-order valence-corrected chi connectivity index (χ3v) is 3.20. The van der Waals surface area contributed by atoms with E-state index < -0.39 is 0 Å². The minimum atomic E-state index is 0.488. The highest BCUT2D eigenvalue weighted by Gasteiger charge is 2.09. The second-order valence-corrected chi connectivity index (χ2v) is 4.81. The molecule has 0 bridgehead atoms. The summed E-state index contributed by atoms with van der Waals surface area (Å²) in [4.78, 5) is 12.4. The van der Waals surface area contributed by atoms with Gasteiger partial charge in [-0.3, -0.25) is 0 Å². The Morgan fingerprint density at radius 1 is 1.28 bits per heavy atom. The van der Waals surface area contributed by atoms with Crippen LogP contribution < -0.4 is 5.73 Å². The highest BCUT2D eigenvalue weighted by atomic mass is 79.9. The van der Waals surface area contributed by atoms with Crippen molar-refractivity contribution < 1.29 is 0 Å². The first-order chi connectivity index (χ1) is 8.74. The van der Waals surface area contributed by atoms with E-state index in [-0.39, 0.29) is 0 Å². The molecule has 2 aromatic heterocycles. The van der Waals surface area contributed by atoms with Gasteiger partial charge in [-0.2, -0.15) is 0 Å². The number of benzene rings is 1. The standard InChI is InChI=1S/C12H10BrN5/c13-8-1-2-10-11(5-8)18(12(14)17-10)6-9-3-4-15-7-16-9/h1-5,7H,6H2,(H2,14,17). The molecule has 2 heterocycles. The number of hydrogen-bond acceptors (Lipinski definition) is 4. The molecule has 0 aliphatic carbocycles. The average Bonchev–Trinajstić information content (AvgIpc) is 2.67. The number of imidazole rings is 1. The molecule has 0 atom stereocenters. The molecule has 2 N–H and O–H groups in total. The van der Waals surface area contributed by atoms with Crippen LogP contribution in [-0.2, 0) is 6.54 Å². The molecule has 5 nitrogen and oxygen atoms in total. The normalized spacial score (nSPS) is 10.9. The molecule has 0 aliphatic rings. The quantitative estimate of drug-likeness (QED) is 0.788. The fourth-order valence-electron chi connectivity index (χ4n) is 1.85. The predicted octanol–water partition coefficient (Wildman–Crippen LogP) is 2.22. The lowest BCUT2D eigenvalue weighted by atomic mass is 10.3. The molecule has 0 fully saturated rings. The monoisotopic (exact) mass is 303 g/mol. The zero-order chi connectivity index (χ0) is 12.5. The number of nitrogens with zero attached hydrogens (tertiary/aromatic N) is 4. The first-order valence-electron chi connectivity index (χ1n) is 5.40. The van der Waals surface area contributed by atoms with Crippen molar-refractivity contribution in [3.63, 3.8) is 0 Å². The molecule has 1 aromatic carbocycles. The van der Waals surface area contributed by atoms with Crippen LogP contribution in [0.15, 0.2) is 41.3 Å². The van der Waals surface area contributed by atoms with E-state index in [9.17, 15) is 0 Å². The van der Waals surface area contributed by atoms with Crippen molar-refractivity contribution in [2.24, 2.45) is 0 Å². The predicted molar refractivity (Wildman–Crippen MR) is 73.0 cm³/mol. The lowest BCUT2D eigenvalue weighted by Crippen LogP contribution is -2.05. The van der Waals surface area contributed by atoms with Gasteiger partial charge in [0, 0.05) is 10.7 Å². The maximum absolute atomic E-state index is 5.94. The number of rotatable bonds is 2. The Morgan fingerprint density at radius 3 is 2.94 bits per heavy atom. The highest BCUT2D eigenvalue weighted by molar-refractivity contribution is 9.10. The second-order valence-electron chi connectivity index (χ2n) is 3.89. The van der Waals surface area contributed by atoms with Crippen LogP contribution >= 0.6 is 15.9 Å². The highest BCUT2D eigenvalue weighted by Crippen LogP contribution is 2.22. The Hall–Kier alpha value is -1.95. The smallest absolute Gasteiger partial charge is 0.201 e. The Kier molecular flexibility index (Phi) is 2.71. The number of nitrogens with two attached hydrogens (primary N) is 1. The third kappa shape index (κ3) is 1.95. The van der Waals surface area contributed by atoms with Crippen molar-refractivity contribution in [1.29, 1.82) is 0 Å². The number of aromatic nitrogens is 4. The Labute approximate surface area is 112 Å². The second kappa shape index (κ2) is 4.38. The van der Waals surface area contributed by atoms with E-state index in [1.54, 1.807) is 6.20 Å². The van der Waals surface area contributed by atoms with Crippen LogP contribution in [0.25, 0.3) is 11.0 Å². The fraction of sp³-hybridized carbons (Fsp3) is 0.0833. The van der Waals surface area contributed by atoms with Crippen molar-refractivity contribution in [3.8, 4) is 0 Å². The van der Waals surface area contributed by atoms with E-state index in [2.05, 4.69) is 30.9 Å². The molecular weight excluding hydrogens is 294 g/mol. The van der Waals surface area contributed by atoms with Crippen molar-refractivity contribution in [3.05, 3.63) is 47.0 Å². The Balaban J connectivity index is 2.11. The van der Waals surface area contributed by atoms with Gasteiger partial charge < -0.3 is 10.3 Å². The summed E-state index contributed by atoms with van der Waals surface area (Å²) in [6.45, 7) is 0.585. The zero-order valence-corrected chi connectivity index (χ0v) is 11.0.